The van der Waals surface area contributed by atoms with E-state index in [0.717, 1.165) is 16.8 Å². The minimum absolute atomic E-state index is 0.166. The first-order chi connectivity index (χ1) is 9.93. The SMILES string of the molecule is Cc1ccc(C(=O)N2c3ccccc3C(C)(C)[C@H]2O)cc1. The Labute approximate surface area is 124 Å². The number of carbonyl (C=O) groups is 1. The Kier molecular flexibility index (Phi) is 3.10. The molecule has 1 aliphatic heterocycles. The van der Waals surface area contributed by atoms with Crippen molar-refractivity contribution in [3.05, 3.63) is 65.2 Å². The number of amides is 1. The Bertz CT molecular complexity index is 689. The van der Waals surface area contributed by atoms with Gasteiger partial charge in [-0.25, -0.2) is 0 Å². The lowest BCUT2D eigenvalue weighted by atomic mass is 9.85. The molecule has 0 saturated heterocycles. The van der Waals surface area contributed by atoms with Gasteiger partial charge in [0.2, 0.25) is 0 Å². The summed E-state index contributed by atoms with van der Waals surface area (Å²) < 4.78 is 0. The number of hydrogen-bond acceptors (Lipinski definition) is 2. The third kappa shape index (κ3) is 2.05. The van der Waals surface area contributed by atoms with Crippen LogP contribution in [0.5, 0.6) is 0 Å². The monoisotopic (exact) mass is 281 g/mol. The van der Waals surface area contributed by atoms with Crippen LogP contribution < -0.4 is 4.90 Å². The Morgan fingerprint density at radius 1 is 1.10 bits per heavy atom. The van der Waals surface area contributed by atoms with Crippen LogP contribution in [0.3, 0.4) is 0 Å². The minimum atomic E-state index is -0.858. The van der Waals surface area contributed by atoms with Crippen molar-refractivity contribution in [2.75, 3.05) is 4.90 Å². The highest BCUT2D eigenvalue weighted by atomic mass is 16.3. The first kappa shape index (κ1) is 13.8. The molecule has 1 aliphatic rings. The largest absolute Gasteiger partial charge is 0.372 e. The molecular weight excluding hydrogens is 262 g/mol. The van der Waals surface area contributed by atoms with E-state index >= 15 is 0 Å². The van der Waals surface area contributed by atoms with Gasteiger partial charge in [0.05, 0.1) is 5.69 Å². The molecule has 3 nitrogen and oxygen atoms in total. The van der Waals surface area contributed by atoms with Gasteiger partial charge in [0.25, 0.3) is 5.91 Å². The third-order valence-electron chi connectivity index (χ3n) is 4.27. The summed E-state index contributed by atoms with van der Waals surface area (Å²) in [5.74, 6) is -0.166. The zero-order chi connectivity index (χ0) is 15.2. The number of aryl methyl sites for hydroxylation is 1. The van der Waals surface area contributed by atoms with Crippen LogP contribution in [0.4, 0.5) is 5.69 Å². The number of fused-ring (bicyclic) bond motifs is 1. The predicted octanol–water partition coefficient (Wildman–Crippen LogP) is 3.25. The number of rotatable bonds is 1. The maximum Gasteiger partial charge on any atom is 0.260 e. The summed E-state index contributed by atoms with van der Waals surface area (Å²) in [6.07, 6.45) is -0.858. The fourth-order valence-electron chi connectivity index (χ4n) is 2.88. The van der Waals surface area contributed by atoms with E-state index in [-0.39, 0.29) is 5.91 Å². The molecule has 1 heterocycles. The van der Waals surface area contributed by atoms with Crippen LogP contribution in [-0.2, 0) is 5.41 Å². The van der Waals surface area contributed by atoms with Crippen molar-refractivity contribution in [1.29, 1.82) is 0 Å². The zero-order valence-corrected chi connectivity index (χ0v) is 12.5. The van der Waals surface area contributed by atoms with E-state index in [0.29, 0.717) is 5.56 Å². The van der Waals surface area contributed by atoms with Crippen LogP contribution in [0.2, 0.25) is 0 Å². The summed E-state index contributed by atoms with van der Waals surface area (Å²) in [6.45, 7) is 5.90. The molecule has 0 aliphatic carbocycles. The number of para-hydroxylation sites is 1. The van der Waals surface area contributed by atoms with Crippen molar-refractivity contribution in [2.45, 2.75) is 32.4 Å². The summed E-state index contributed by atoms with van der Waals surface area (Å²) in [4.78, 5) is 14.3. The molecule has 3 heteroatoms. The van der Waals surface area contributed by atoms with Crippen molar-refractivity contribution in [3.8, 4) is 0 Å². The van der Waals surface area contributed by atoms with Crippen molar-refractivity contribution < 1.29 is 9.90 Å². The lowest BCUT2D eigenvalue weighted by Gasteiger charge is -2.28. The molecule has 108 valence electrons. The molecule has 0 fully saturated rings. The van der Waals surface area contributed by atoms with Gasteiger partial charge in [0, 0.05) is 11.0 Å². The second kappa shape index (κ2) is 4.71. The van der Waals surface area contributed by atoms with E-state index in [1.54, 1.807) is 12.1 Å². The number of nitrogens with zero attached hydrogens (tertiary/aromatic N) is 1. The molecule has 2 aromatic carbocycles. The van der Waals surface area contributed by atoms with Crippen LogP contribution >= 0.6 is 0 Å². The molecule has 1 amide bonds. The highest BCUT2D eigenvalue weighted by Gasteiger charge is 2.46. The van der Waals surface area contributed by atoms with E-state index in [1.807, 2.05) is 57.2 Å². The fraction of sp³-hybridized carbons (Fsp3) is 0.278. The molecule has 1 atom stereocenters. The second-order valence-corrected chi connectivity index (χ2v) is 6.15. The van der Waals surface area contributed by atoms with Gasteiger partial charge in [-0.2, -0.15) is 0 Å². The van der Waals surface area contributed by atoms with Crippen LogP contribution in [0.15, 0.2) is 48.5 Å². The Morgan fingerprint density at radius 3 is 2.38 bits per heavy atom. The predicted molar refractivity (Wildman–Crippen MR) is 83.5 cm³/mol. The number of hydrogen-bond donors (Lipinski definition) is 1. The molecule has 0 radical (unpaired) electrons. The molecule has 2 aromatic rings. The fourth-order valence-corrected chi connectivity index (χ4v) is 2.88. The standard InChI is InChI=1S/C18H19NO2/c1-12-8-10-13(11-9-12)16(20)19-15-7-5-4-6-14(15)18(2,3)17(19)21/h4-11,17,21H,1-3H3/t17-/m1/s1. The summed E-state index contributed by atoms with van der Waals surface area (Å²) >= 11 is 0. The van der Waals surface area contributed by atoms with E-state index < -0.39 is 11.6 Å². The summed E-state index contributed by atoms with van der Waals surface area (Å²) in [7, 11) is 0. The van der Waals surface area contributed by atoms with Crippen LogP contribution in [0.25, 0.3) is 0 Å². The van der Waals surface area contributed by atoms with Gasteiger partial charge in [-0.05, 0) is 30.7 Å². The van der Waals surface area contributed by atoms with E-state index in [2.05, 4.69) is 0 Å². The summed E-state index contributed by atoms with van der Waals surface area (Å²) in [6, 6.07) is 15.1. The smallest absolute Gasteiger partial charge is 0.260 e. The van der Waals surface area contributed by atoms with Crippen molar-refractivity contribution in [1.82, 2.24) is 0 Å². The van der Waals surface area contributed by atoms with Gasteiger partial charge < -0.3 is 5.11 Å². The molecule has 0 spiro atoms. The average molecular weight is 281 g/mol. The quantitative estimate of drug-likeness (QED) is 0.871. The van der Waals surface area contributed by atoms with Crippen LogP contribution in [-0.4, -0.2) is 17.2 Å². The molecular formula is C18H19NO2. The van der Waals surface area contributed by atoms with E-state index in [4.69, 9.17) is 0 Å². The molecule has 0 saturated carbocycles. The Hall–Kier alpha value is -2.13. The number of benzene rings is 2. The molecule has 0 unspecified atom stereocenters. The first-order valence-electron chi connectivity index (χ1n) is 7.11. The topological polar surface area (TPSA) is 40.5 Å². The zero-order valence-electron chi connectivity index (χ0n) is 12.5. The third-order valence-corrected chi connectivity index (χ3v) is 4.27. The number of anilines is 1. The van der Waals surface area contributed by atoms with Crippen LogP contribution in [0, 0.1) is 6.92 Å². The van der Waals surface area contributed by atoms with Crippen molar-refractivity contribution in [2.24, 2.45) is 0 Å². The lowest BCUT2D eigenvalue weighted by molar-refractivity contribution is 0.0780. The normalized spacial score (nSPS) is 19.4. The number of carbonyl (C=O) groups excluding carboxylic acids is 1. The van der Waals surface area contributed by atoms with Gasteiger partial charge in [0.15, 0.2) is 0 Å². The van der Waals surface area contributed by atoms with E-state index in [9.17, 15) is 9.90 Å². The number of aliphatic hydroxyl groups is 1. The molecule has 3 rings (SSSR count). The average Bonchev–Trinajstić information content (AvgIpc) is 2.67. The maximum absolute atomic E-state index is 12.8. The van der Waals surface area contributed by atoms with Crippen molar-refractivity contribution in [3.63, 3.8) is 0 Å². The molecule has 1 N–H and O–H groups in total. The first-order valence-corrected chi connectivity index (χ1v) is 7.11. The molecule has 21 heavy (non-hydrogen) atoms. The minimum Gasteiger partial charge on any atom is -0.372 e. The number of aliphatic hydroxyl groups excluding tert-OH is 1. The summed E-state index contributed by atoms with van der Waals surface area (Å²) in [5.41, 5.74) is 3.01. The van der Waals surface area contributed by atoms with Gasteiger partial charge in [-0.1, -0.05) is 49.7 Å². The van der Waals surface area contributed by atoms with Crippen molar-refractivity contribution >= 4 is 11.6 Å². The Morgan fingerprint density at radius 2 is 1.71 bits per heavy atom. The second-order valence-electron chi connectivity index (χ2n) is 6.15. The van der Waals surface area contributed by atoms with Gasteiger partial charge in [-0.15, -0.1) is 0 Å². The van der Waals surface area contributed by atoms with Crippen LogP contribution in [0.1, 0.15) is 35.3 Å². The molecule has 0 aromatic heterocycles. The lowest BCUT2D eigenvalue weighted by Crippen LogP contribution is -2.44. The Balaban J connectivity index is 2.06. The van der Waals surface area contributed by atoms with Gasteiger partial charge >= 0.3 is 0 Å². The molecule has 0 bridgehead atoms. The summed E-state index contributed by atoms with van der Waals surface area (Å²) in [5, 5.41) is 10.6. The highest BCUT2D eigenvalue weighted by Crippen LogP contribution is 2.44. The van der Waals surface area contributed by atoms with Gasteiger partial charge in [-0.3, -0.25) is 9.69 Å². The highest BCUT2D eigenvalue weighted by molar-refractivity contribution is 6.08. The van der Waals surface area contributed by atoms with Gasteiger partial charge in [0.1, 0.15) is 6.23 Å². The maximum atomic E-state index is 12.8. The van der Waals surface area contributed by atoms with E-state index in [1.165, 1.54) is 4.90 Å².